The van der Waals surface area contributed by atoms with E-state index in [0.29, 0.717) is 19.0 Å². The summed E-state index contributed by atoms with van der Waals surface area (Å²) >= 11 is 0. The molecule has 4 nitrogen and oxygen atoms in total. The number of carbonyl (C=O) groups excluding carboxylic acids is 1. The number of amides is 2. The van der Waals surface area contributed by atoms with Crippen molar-refractivity contribution in [1.29, 1.82) is 0 Å². The molecule has 0 aliphatic rings. The molecule has 0 saturated heterocycles. The molecule has 0 fully saturated rings. The zero-order valence-corrected chi connectivity index (χ0v) is 10.1. The van der Waals surface area contributed by atoms with Crippen LogP contribution in [-0.2, 0) is 0 Å². The van der Waals surface area contributed by atoms with Crippen LogP contribution in [0.2, 0.25) is 0 Å². The van der Waals surface area contributed by atoms with Crippen LogP contribution >= 0.6 is 0 Å². The van der Waals surface area contributed by atoms with E-state index in [1.807, 2.05) is 6.92 Å². The normalized spacial score (nSPS) is 12.3. The van der Waals surface area contributed by atoms with Crippen molar-refractivity contribution >= 4 is 6.03 Å². The quantitative estimate of drug-likeness (QED) is 0.676. The Morgan fingerprint density at radius 2 is 2.07 bits per heavy atom. The van der Waals surface area contributed by atoms with Crippen LogP contribution in [0, 0.1) is 5.92 Å². The monoisotopic (exact) mass is 216 g/mol. The van der Waals surface area contributed by atoms with Crippen molar-refractivity contribution in [2.24, 2.45) is 5.92 Å². The van der Waals surface area contributed by atoms with Gasteiger partial charge in [-0.1, -0.05) is 13.3 Å². The summed E-state index contributed by atoms with van der Waals surface area (Å²) < 4.78 is 0. The molecule has 15 heavy (non-hydrogen) atoms. The molecule has 1 atom stereocenters. The second-order valence-electron chi connectivity index (χ2n) is 3.87. The van der Waals surface area contributed by atoms with Crippen LogP contribution in [0.25, 0.3) is 0 Å². The van der Waals surface area contributed by atoms with E-state index in [-0.39, 0.29) is 12.6 Å². The minimum absolute atomic E-state index is 0.0310. The third-order valence-electron chi connectivity index (χ3n) is 2.60. The second kappa shape index (κ2) is 8.53. The van der Waals surface area contributed by atoms with Gasteiger partial charge in [0.1, 0.15) is 0 Å². The zero-order chi connectivity index (χ0) is 11.7. The van der Waals surface area contributed by atoms with Crippen molar-refractivity contribution in [2.45, 2.75) is 33.1 Å². The van der Waals surface area contributed by atoms with Crippen LogP contribution in [0.4, 0.5) is 4.79 Å². The number of hydrogen-bond donors (Lipinski definition) is 2. The zero-order valence-electron chi connectivity index (χ0n) is 10.1. The Bertz CT molecular complexity index is 168. The van der Waals surface area contributed by atoms with Gasteiger partial charge in [0.05, 0.1) is 0 Å². The topological polar surface area (TPSA) is 52.6 Å². The summed E-state index contributed by atoms with van der Waals surface area (Å²) in [5.74, 6) is 0.397. The van der Waals surface area contributed by atoms with Crippen molar-refractivity contribution in [2.75, 3.05) is 26.7 Å². The summed E-state index contributed by atoms with van der Waals surface area (Å²) in [6, 6.07) is -0.0310. The number of urea groups is 1. The van der Waals surface area contributed by atoms with Crippen molar-refractivity contribution in [3.8, 4) is 0 Å². The molecule has 90 valence electrons. The van der Waals surface area contributed by atoms with Gasteiger partial charge in [0.15, 0.2) is 0 Å². The summed E-state index contributed by atoms with van der Waals surface area (Å²) in [4.78, 5) is 13.1. The molecule has 0 aliphatic heterocycles. The van der Waals surface area contributed by atoms with Gasteiger partial charge in [0.2, 0.25) is 0 Å². The largest absolute Gasteiger partial charge is 0.396 e. The van der Waals surface area contributed by atoms with E-state index < -0.39 is 0 Å². The first kappa shape index (κ1) is 14.2. The van der Waals surface area contributed by atoms with Crippen molar-refractivity contribution in [3.63, 3.8) is 0 Å². The summed E-state index contributed by atoms with van der Waals surface area (Å²) in [5, 5.41) is 11.7. The molecular weight excluding hydrogens is 192 g/mol. The van der Waals surface area contributed by atoms with Crippen LogP contribution in [-0.4, -0.2) is 42.8 Å². The fraction of sp³-hybridized carbons (Fsp3) is 0.909. The molecule has 1 unspecified atom stereocenters. The molecule has 0 bridgehead atoms. The molecule has 0 spiro atoms. The lowest BCUT2D eigenvalue weighted by Gasteiger charge is -2.19. The number of rotatable bonds is 7. The number of aliphatic hydroxyl groups excluding tert-OH is 1. The first-order chi connectivity index (χ1) is 7.15. The first-order valence-electron chi connectivity index (χ1n) is 5.75. The average Bonchev–Trinajstić information content (AvgIpc) is 2.25. The molecule has 0 saturated carbocycles. The van der Waals surface area contributed by atoms with Crippen LogP contribution in [0.1, 0.15) is 33.1 Å². The first-order valence-corrected chi connectivity index (χ1v) is 5.75. The number of hydrogen-bond acceptors (Lipinski definition) is 2. The Morgan fingerprint density at radius 3 is 2.53 bits per heavy atom. The Labute approximate surface area is 92.7 Å². The Morgan fingerprint density at radius 1 is 1.40 bits per heavy atom. The third kappa shape index (κ3) is 6.33. The molecule has 0 heterocycles. The van der Waals surface area contributed by atoms with Gasteiger partial charge < -0.3 is 15.3 Å². The molecule has 0 radical (unpaired) electrons. The van der Waals surface area contributed by atoms with Crippen molar-refractivity contribution in [1.82, 2.24) is 10.2 Å². The highest BCUT2D eigenvalue weighted by Gasteiger charge is 2.10. The fourth-order valence-electron chi connectivity index (χ4n) is 1.45. The van der Waals surface area contributed by atoms with Crippen molar-refractivity contribution in [3.05, 3.63) is 0 Å². The van der Waals surface area contributed by atoms with Gasteiger partial charge in [-0.05, 0) is 25.7 Å². The minimum atomic E-state index is -0.0310. The van der Waals surface area contributed by atoms with Crippen LogP contribution in [0.3, 0.4) is 0 Å². The van der Waals surface area contributed by atoms with E-state index in [2.05, 4.69) is 12.2 Å². The number of carbonyl (C=O) groups is 1. The van der Waals surface area contributed by atoms with Gasteiger partial charge >= 0.3 is 6.03 Å². The molecule has 0 aromatic heterocycles. The maximum Gasteiger partial charge on any atom is 0.317 e. The van der Waals surface area contributed by atoms with Gasteiger partial charge in [-0.3, -0.25) is 0 Å². The average molecular weight is 216 g/mol. The van der Waals surface area contributed by atoms with Crippen LogP contribution < -0.4 is 5.32 Å². The predicted octanol–water partition coefficient (Wildman–Crippen LogP) is 1.45. The molecule has 4 heteroatoms. The number of nitrogens with one attached hydrogen (secondary N) is 1. The highest BCUT2D eigenvalue weighted by molar-refractivity contribution is 5.73. The molecule has 2 amide bonds. The van der Waals surface area contributed by atoms with E-state index in [1.165, 1.54) is 0 Å². The third-order valence-corrected chi connectivity index (χ3v) is 2.60. The second-order valence-corrected chi connectivity index (χ2v) is 3.87. The van der Waals surface area contributed by atoms with Crippen LogP contribution in [0.5, 0.6) is 0 Å². The molecular formula is C11H24N2O2. The van der Waals surface area contributed by atoms with E-state index in [9.17, 15) is 4.79 Å². The minimum Gasteiger partial charge on any atom is -0.396 e. The van der Waals surface area contributed by atoms with Gasteiger partial charge in [0, 0.05) is 26.7 Å². The lowest BCUT2D eigenvalue weighted by atomic mass is 10.0. The molecule has 0 aromatic rings. The van der Waals surface area contributed by atoms with E-state index in [4.69, 9.17) is 5.11 Å². The summed E-state index contributed by atoms with van der Waals surface area (Å²) in [7, 11) is 1.77. The van der Waals surface area contributed by atoms with Gasteiger partial charge in [-0.2, -0.15) is 0 Å². The smallest absolute Gasteiger partial charge is 0.317 e. The summed E-state index contributed by atoms with van der Waals surface area (Å²) in [6.45, 7) is 5.63. The molecule has 0 aliphatic carbocycles. The molecule has 0 rings (SSSR count). The Kier molecular flexibility index (Phi) is 8.09. The number of nitrogens with zero attached hydrogens (tertiary/aromatic N) is 1. The lowest BCUT2D eigenvalue weighted by Crippen LogP contribution is -2.39. The van der Waals surface area contributed by atoms with Crippen molar-refractivity contribution < 1.29 is 9.90 Å². The standard InChI is InChI=1S/C11H24N2O2/c1-4-6-10(7-8-14)9-12-11(15)13(3)5-2/h10,14H,4-9H2,1-3H3,(H,12,15). The molecule has 0 aromatic carbocycles. The van der Waals surface area contributed by atoms with Gasteiger partial charge in [-0.15, -0.1) is 0 Å². The highest BCUT2D eigenvalue weighted by Crippen LogP contribution is 2.09. The van der Waals surface area contributed by atoms with E-state index >= 15 is 0 Å². The van der Waals surface area contributed by atoms with Crippen LogP contribution in [0.15, 0.2) is 0 Å². The highest BCUT2D eigenvalue weighted by atomic mass is 16.3. The lowest BCUT2D eigenvalue weighted by molar-refractivity contribution is 0.204. The van der Waals surface area contributed by atoms with Gasteiger partial charge in [-0.25, -0.2) is 4.79 Å². The Balaban J connectivity index is 3.82. The number of aliphatic hydroxyl groups is 1. The molecule has 2 N–H and O–H groups in total. The van der Waals surface area contributed by atoms with Gasteiger partial charge in [0.25, 0.3) is 0 Å². The summed E-state index contributed by atoms with van der Waals surface area (Å²) in [6.07, 6.45) is 2.91. The Hall–Kier alpha value is -0.770. The SMILES string of the molecule is CCCC(CCO)CNC(=O)N(C)CC. The summed E-state index contributed by atoms with van der Waals surface area (Å²) in [5.41, 5.74) is 0. The maximum atomic E-state index is 11.4. The fourth-order valence-corrected chi connectivity index (χ4v) is 1.45. The van der Waals surface area contributed by atoms with E-state index in [0.717, 1.165) is 19.3 Å². The predicted molar refractivity (Wildman–Crippen MR) is 61.8 cm³/mol. The maximum absolute atomic E-state index is 11.4. The van der Waals surface area contributed by atoms with E-state index in [1.54, 1.807) is 11.9 Å².